The van der Waals surface area contributed by atoms with Crippen molar-refractivity contribution >= 4 is 22.5 Å². The van der Waals surface area contributed by atoms with Gasteiger partial charge < -0.3 is 10.7 Å². The van der Waals surface area contributed by atoms with E-state index in [9.17, 15) is 0 Å². The number of nitrogens with two attached hydrogens (primary N) is 1. The molecule has 2 nitrogen and oxygen atoms in total. The fourth-order valence-electron chi connectivity index (χ4n) is 2.27. The summed E-state index contributed by atoms with van der Waals surface area (Å²) in [5.41, 5.74) is 8.55. The van der Waals surface area contributed by atoms with Crippen LogP contribution in [0.15, 0.2) is 24.4 Å². The van der Waals surface area contributed by atoms with E-state index < -0.39 is 0 Å². The topological polar surface area (TPSA) is 41.8 Å². The lowest BCUT2D eigenvalue weighted by atomic mass is 9.96. The Morgan fingerprint density at radius 2 is 2.20 bits per heavy atom. The number of H-pyrrole nitrogens is 1. The van der Waals surface area contributed by atoms with Gasteiger partial charge in [0.25, 0.3) is 0 Å². The summed E-state index contributed by atoms with van der Waals surface area (Å²) in [4.78, 5) is 3.28. The second kappa shape index (κ2) is 3.00. The van der Waals surface area contributed by atoms with Crippen LogP contribution in [0, 0.1) is 0 Å². The monoisotopic (exact) mass is 220 g/mol. The minimum absolute atomic E-state index is 0.225. The van der Waals surface area contributed by atoms with Gasteiger partial charge in [0, 0.05) is 34.1 Å². The van der Waals surface area contributed by atoms with Crippen molar-refractivity contribution in [3.05, 3.63) is 35.0 Å². The molecule has 2 aromatic rings. The third-order valence-electron chi connectivity index (χ3n) is 3.46. The van der Waals surface area contributed by atoms with Gasteiger partial charge in [-0.25, -0.2) is 0 Å². The van der Waals surface area contributed by atoms with Crippen LogP contribution in [-0.4, -0.2) is 11.5 Å². The molecule has 1 aliphatic carbocycles. The molecule has 0 atom stereocenters. The molecule has 0 aliphatic heterocycles. The molecular formula is C12H13ClN2. The normalized spacial score (nSPS) is 18.3. The van der Waals surface area contributed by atoms with Gasteiger partial charge in [-0.1, -0.05) is 11.6 Å². The van der Waals surface area contributed by atoms with Crippen molar-refractivity contribution in [1.82, 2.24) is 4.98 Å². The molecule has 3 N–H and O–H groups in total. The summed E-state index contributed by atoms with van der Waals surface area (Å²) in [6.45, 7) is 0.729. The molecular weight excluding hydrogens is 208 g/mol. The molecule has 3 heteroatoms. The smallest absolute Gasteiger partial charge is 0.0458 e. The Morgan fingerprint density at radius 1 is 1.40 bits per heavy atom. The molecule has 1 aliphatic rings. The molecule has 15 heavy (non-hydrogen) atoms. The summed E-state index contributed by atoms with van der Waals surface area (Å²) >= 11 is 6.02. The Hall–Kier alpha value is -0.990. The van der Waals surface area contributed by atoms with Crippen molar-refractivity contribution in [2.24, 2.45) is 5.73 Å². The minimum atomic E-state index is 0.225. The van der Waals surface area contributed by atoms with Crippen LogP contribution >= 0.6 is 11.6 Å². The lowest BCUT2D eigenvalue weighted by Crippen LogP contribution is -2.19. The molecule has 0 amide bonds. The van der Waals surface area contributed by atoms with E-state index in [1.165, 1.54) is 23.8 Å². The van der Waals surface area contributed by atoms with Crippen molar-refractivity contribution < 1.29 is 0 Å². The Morgan fingerprint density at radius 3 is 2.87 bits per heavy atom. The zero-order valence-corrected chi connectivity index (χ0v) is 9.14. The Kier molecular flexibility index (Phi) is 1.85. The first-order valence-electron chi connectivity index (χ1n) is 5.22. The summed E-state index contributed by atoms with van der Waals surface area (Å²) in [5, 5.41) is 2.02. The van der Waals surface area contributed by atoms with E-state index in [4.69, 9.17) is 17.3 Å². The second-order valence-corrected chi connectivity index (χ2v) is 4.81. The maximum absolute atomic E-state index is 6.02. The van der Waals surface area contributed by atoms with E-state index in [1.54, 1.807) is 0 Å². The molecule has 1 aromatic heterocycles. The molecule has 0 spiro atoms. The molecule has 1 fully saturated rings. The van der Waals surface area contributed by atoms with E-state index in [2.05, 4.69) is 11.2 Å². The Balaban J connectivity index is 2.23. The van der Waals surface area contributed by atoms with Crippen LogP contribution in [-0.2, 0) is 5.41 Å². The van der Waals surface area contributed by atoms with Gasteiger partial charge in [-0.2, -0.15) is 0 Å². The summed E-state index contributed by atoms with van der Waals surface area (Å²) in [6, 6.07) is 5.96. The fraction of sp³-hybridized carbons (Fsp3) is 0.333. The van der Waals surface area contributed by atoms with Gasteiger partial charge in [0.1, 0.15) is 0 Å². The average molecular weight is 221 g/mol. The number of hydrogen-bond donors (Lipinski definition) is 2. The molecule has 0 bridgehead atoms. The van der Waals surface area contributed by atoms with Gasteiger partial charge >= 0.3 is 0 Å². The van der Waals surface area contributed by atoms with E-state index in [1.807, 2.05) is 18.2 Å². The first-order chi connectivity index (χ1) is 7.25. The second-order valence-electron chi connectivity index (χ2n) is 4.38. The highest BCUT2D eigenvalue weighted by molar-refractivity contribution is 6.31. The van der Waals surface area contributed by atoms with Gasteiger partial charge in [0.05, 0.1) is 0 Å². The first kappa shape index (κ1) is 9.25. The van der Waals surface area contributed by atoms with Gasteiger partial charge in [0.2, 0.25) is 0 Å². The van der Waals surface area contributed by atoms with Crippen molar-refractivity contribution in [3.63, 3.8) is 0 Å². The third kappa shape index (κ3) is 1.29. The van der Waals surface area contributed by atoms with Gasteiger partial charge in [0.15, 0.2) is 0 Å². The Bertz CT molecular complexity index is 511. The molecule has 1 heterocycles. The lowest BCUT2D eigenvalue weighted by molar-refractivity contribution is 0.711. The number of aromatic nitrogens is 1. The van der Waals surface area contributed by atoms with Gasteiger partial charge in [-0.3, -0.25) is 0 Å². The van der Waals surface area contributed by atoms with Crippen molar-refractivity contribution in [1.29, 1.82) is 0 Å². The highest BCUT2D eigenvalue weighted by atomic mass is 35.5. The molecule has 1 aromatic carbocycles. The van der Waals surface area contributed by atoms with Crippen LogP contribution in [0.5, 0.6) is 0 Å². The average Bonchev–Trinajstić information content (AvgIpc) is 2.93. The largest absolute Gasteiger partial charge is 0.361 e. The van der Waals surface area contributed by atoms with Crippen molar-refractivity contribution in [2.45, 2.75) is 18.3 Å². The van der Waals surface area contributed by atoms with E-state index in [0.717, 1.165) is 17.1 Å². The van der Waals surface area contributed by atoms with Crippen LogP contribution in [0.3, 0.4) is 0 Å². The van der Waals surface area contributed by atoms with Crippen LogP contribution in [0.1, 0.15) is 18.4 Å². The SMILES string of the molecule is NCC1(c2c[nH]c3ccc(Cl)cc23)CC1. The van der Waals surface area contributed by atoms with Crippen molar-refractivity contribution in [2.75, 3.05) is 6.54 Å². The zero-order chi connectivity index (χ0) is 10.5. The molecule has 0 saturated heterocycles. The van der Waals surface area contributed by atoms with E-state index in [0.29, 0.717) is 0 Å². The first-order valence-corrected chi connectivity index (χ1v) is 5.60. The number of aromatic amines is 1. The number of nitrogens with one attached hydrogen (secondary N) is 1. The molecule has 0 unspecified atom stereocenters. The van der Waals surface area contributed by atoms with Crippen LogP contribution in [0.25, 0.3) is 10.9 Å². The maximum Gasteiger partial charge on any atom is 0.0458 e. The fourth-order valence-corrected chi connectivity index (χ4v) is 2.44. The zero-order valence-electron chi connectivity index (χ0n) is 8.39. The number of benzene rings is 1. The predicted molar refractivity (Wildman–Crippen MR) is 63.3 cm³/mol. The molecule has 78 valence electrons. The number of hydrogen-bond acceptors (Lipinski definition) is 1. The van der Waals surface area contributed by atoms with E-state index in [-0.39, 0.29) is 5.41 Å². The quantitative estimate of drug-likeness (QED) is 0.803. The highest BCUT2D eigenvalue weighted by Gasteiger charge is 2.44. The Labute approximate surface area is 93.4 Å². The van der Waals surface area contributed by atoms with E-state index >= 15 is 0 Å². The summed E-state index contributed by atoms with van der Waals surface area (Å²) in [7, 11) is 0. The van der Waals surface area contributed by atoms with Gasteiger partial charge in [-0.05, 0) is 36.6 Å². The molecule has 1 saturated carbocycles. The van der Waals surface area contributed by atoms with Crippen LogP contribution in [0.2, 0.25) is 5.02 Å². The lowest BCUT2D eigenvalue weighted by Gasteiger charge is -2.10. The highest BCUT2D eigenvalue weighted by Crippen LogP contribution is 2.49. The van der Waals surface area contributed by atoms with Crippen molar-refractivity contribution in [3.8, 4) is 0 Å². The summed E-state index contributed by atoms with van der Waals surface area (Å²) < 4.78 is 0. The standard InChI is InChI=1S/C12H13ClN2/c13-8-1-2-11-9(5-8)10(6-15-11)12(7-14)3-4-12/h1-2,5-6,15H,3-4,7,14H2. The summed E-state index contributed by atoms with van der Waals surface area (Å²) in [5.74, 6) is 0. The van der Waals surface area contributed by atoms with Gasteiger partial charge in [-0.15, -0.1) is 0 Å². The summed E-state index contributed by atoms with van der Waals surface area (Å²) in [6.07, 6.45) is 4.48. The maximum atomic E-state index is 6.02. The minimum Gasteiger partial charge on any atom is -0.361 e. The number of fused-ring (bicyclic) bond motifs is 1. The number of halogens is 1. The molecule has 0 radical (unpaired) electrons. The molecule has 3 rings (SSSR count). The predicted octanol–water partition coefficient (Wildman–Crippen LogP) is 2.81. The van der Waals surface area contributed by atoms with Crippen LogP contribution < -0.4 is 5.73 Å². The number of rotatable bonds is 2. The third-order valence-corrected chi connectivity index (χ3v) is 3.69. The van der Waals surface area contributed by atoms with Crippen LogP contribution in [0.4, 0.5) is 0 Å².